The molecule has 0 aliphatic carbocycles. The number of nitrogens with zero attached hydrogens (tertiary/aromatic N) is 4. The molecule has 0 saturated heterocycles. The summed E-state index contributed by atoms with van der Waals surface area (Å²) in [5.74, 6) is 2.71. The fourth-order valence-corrected chi connectivity index (χ4v) is 2.72. The third kappa shape index (κ3) is 2.47. The number of ether oxygens (including phenoxy) is 1. The average Bonchev–Trinajstić information content (AvgIpc) is 3.21. The molecule has 3 aromatic heterocycles. The number of benzene rings is 1. The van der Waals surface area contributed by atoms with Crippen LogP contribution < -0.4 is 0 Å². The zero-order valence-corrected chi connectivity index (χ0v) is 13.4. The number of aromatic nitrogens is 4. The van der Waals surface area contributed by atoms with Gasteiger partial charge in [0.1, 0.15) is 18.2 Å². The van der Waals surface area contributed by atoms with Gasteiger partial charge in [0.05, 0.1) is 11.2 Å². The molecule has 0 amide bonds. The number of para-hydroxylation sites is 1. The Labute approximate surface area is 138 Å². The van der Waals surface area contributed by atoms with Crippen molar-refractivity contribution in [2.45, 2.75) is 13.5 Å². The molecule has 0 atom stereocenters. The van der Waals surface area contributed by atoms with Crippen molar-refractivity contribution in [1.29, 1.82) is 0 Å². The Bertz CT molecular complexity index is 998. The van der Waals surface area contributed by atoms with E-state index in [1.54, 1.807) is 18.0 Å². The van der Waals surface area contributed by atoms with Crippen molar-refractivity contribution in [3.05, 3.63) is 60.2 Å². The van der Waals surface area contributed by atoms with Crippen molar-refractivity contribution >= 4 is 10.9 Å². The van der Waals surface area contributed by atoms with Gasteiger partial charge in [-0.2, -0.15) is 5.10 Å². The minimum Gasteiger partial charge on any atom is -0.455 e. The Balaban J connectivity index is 1.89. The van der Waals surface area contributed by atoms with Gasteiger partial charge in [-0.25, -0.2) is 9.67 Å². The first kappa shape index (κ1) is 14.6. The number of methoxy groups -OCH3 is 1. The lowest BCUT2D eigenvalue weighted by molar-refractivity contribution is 0.165. The van der Waals surface area contributed by atoms with Crippen molar-refractivity contribution < 1.29 is 9.15 Å². The highest BCUT2D eigenvalue weighted by Crippen LogP contribution is 2.27. The van der Waals surface area contributed by atoms with E-state index >= 15 is 0 Å². The van der Waals surface area contributed by atoms with Crippen molar-refractivity contribution in [2.75, 3.05) is 7.11 Å². The lowest BCUT2D eigenvalue weighted by Gasteiger charge is -2.07. The molecule has 0 saturated carbocycles. The molecule has 6 nitrogen and oxygen atoms in total. The second-order valence-corrected chi connectivity index (χ2v) is 5.45. The summed E-state index contributed by atoms with van der Waals surface area (Å²) in [5.41, 5.74) is 1.74. The Kier molecular flexibility index (Phi) is 3.59. The predicted molar refractivity (Wildman–Crippen MR) is 89.8 cm³/mol. The van der Waals surface area contributed by atoms with Crippen LogP contribution >= 0.6 is 0 Å². The van der Waals surface area contributed by atoms with Gasteiger partial charge in [0.25, 0.3) is 0 Å². The lowest BCUT2D eigenvalue weighted by atomic mass is 10.2. The zero-order valence-electron chi connectivity index (χ0n) is 13.4. The van der Waals surface area contributed by atoms with E-state index in [2.05, 4.69) is 15.1 Å². The molecule has 0 N–H and O–H groups in total. The molecule has 1 aromatic carbocycles. The zero-order chi connectivity index (χ0) is 16.5. The minimum absolute atomic E-state index is 0.420. The standard InChI is InChI=1S/C18H16N4O2/c1-12-20-18(16-9-8-14(24-16)11-23-2)22(21-12)15-7-3-5-13-6-4-10-19-17(13)15/h3-10H,11H2,1-2H3. The van der Waals surface area contributed by atoms with Gasteiger partial charge >= 0.3 is 0 Å². The normalized spacial score (nSPS) is 11.2. The highest BCUT2D eigenvalue weighted by Gasteiger charge is 2.17. The SMILES string of the molecule is COCc1ccc(-c2nc(C)nn2-c2cccc3cccnc23)o1. The van der Waals surface area contributed by atoms with Gasteiger partial charge in [0.2, 0.25) is 0 Å². The fraction of sp³-hybridized carbons (Fsp3) is 0.167. The summed E-state index contributed by atoms with van der Waals surface area (Å²) < 4.78 is 12.7. The quantitative estimate of drug-likeness (QED) is 0.575. The molecule has 0 aliphatic rings. The smallest absolute Gasteiger partial charge is 0.199 e. The molecule has 4 aromatic rings. The van der Waals surface area contributed by atoms with Crippen LogP contribution in [-0.2, 0) is 11.3 Å². The first-order valence-corrected chi connectivity index (χ1v) is 7.62. The first-order chi connectivity index (χ1) is 11.8. The Morgan fingerprint density at radius 1 is 1.12 bits per heavy atom. The topological polar surface area (TPSA) is 66.0 Å². The number of rotatable bonds is 4. The van der Waals surface area contributed by atoms with Crippen LogP contribution in [-0.4, -0.2) is 26.9 Å². The summed E-state index contributed by atoms with van der Waals surface area (Å²) in [7, 11) is 1.64. The Morgan fingerprint density at radius 3 is 2.88 bits per heavy atom. The molecule has 0 radical (unpaired) electrons. The van der Waals surface area contributed by atoms with E-state index in [1.807, 2.05) is 49.4 Å². The van der Waals surface area contributed by atoms with Crippen molar-refractivity contribution in [2.24, 2.45) is 0 Å². The molecule has 6 heteroatoms. The number of pyridine rings is 1. The number of hydrogen-bond donors (Lipinski definition) is 0. The van der Waals surface area contributed by atoms with E-state index in [9.17, 15) is 0 Å². The third-order valence-electron chi connectivity index (χ3n) is 3.72. The summed E-state index contributed by atoms with van der Waals surface area (Å²) in [6, 6.07) is 13.7. The summed E-state index contributed by atoms with van der Waals surface area (Å²) in [6.45, 7) is 2.28. The molecule has 0 unspecified atom stereocenters. The maximum atomic E-state index is 5.83. The second kappa shape index (κ2) is 5.90. The Morgan fingerprint density at radius 2 is 2.00 bits per heavy atom. The van der Waals surface area contributed by atoms with Crippen molar-refractivity contribution in [3.63, 3.8) is 0 Å². The largest absolute Gasteiger partial charge is 0.455 e. The maximum absolute atomic E-state index is 5.83. The van der Waals surface area contributed by atoms with Crippen LogP contribution in [0, 0.1) is 6.92 Å². The van der Waals surface area contributed by atoms with E-state index in [1.165, 1.54) is 0 Å². The molecule has 4 rings (SSSR count). The van der Waals surface area contributed by atoms with Gasteiger partial charge in [-0.3, -0.25) is 4.98 Å². The molecule has 0 bridgehead atoms. The van der Waals surface area contributed by atoms with Crippen LogP contribution in [0.5, 0.6) is 0 Å². The van der Waals surface area contributed by atoms with Crippen LogP contribution in [0.15, 0.2) is 53.1 Å². The first-order valence-electron chi connectivity index (χ1n) is 7.62. The van der Waals surface area contributed by atoms with Gasteiger partial charge in [-0.1, -0.05) is 18.2 Å². The molecule has 0 fully saturated rings. The van der Waals surface area contributed by atoms with Crippen LogP contribution in [0.4, 0.5) is 0 Å². The molecule has 3 heterocycles. The van der Waals surface area contributed by atoms with Crippen LogP contribution in [0.2, 0.25) is 0 Å². The van der Waals surface area contributed by atoms with E-state index in [4.69, 9.17) is 9.15 Å². The van der Waals surface area contributed by atoms with Gasteiger partial charge in [0, 0.05) is 18.7 Å². The molecular formula is C18H16N4O2. The van der Waals surface area contributed by atoms with Gasteiger partial charge in [0.15, 0.2) is 11.6 Å². The highest BCUT2D eigenvalue weighted by atomic mass is 16.5. The summed E-state index contributed by atoms with van der Waals surface area (Å²) in [4.78, 5) is 9.02. The van der Waals surface area contributed by atoms with E-state index in [0.717, 1.165) is 22.4 Å². The van der Waals surface area contributed by atoms with Gasteiger partial charge in [-0.15, -0.1) is 0 Å². The Hall–Kier alpha value is -2.99. The molecule has 0 aliphatic heterocycles. The predicted octanol–water partition coefficient (Wildman–Crippen LogP) is 3.53. The van der Waals surface area contributed by atoms with E-state index in [0.29, 0.717) is 24.0 Å². The third-order valence-corrected chi connectivity index (χ3v) is 3.72. The number of fused-ring (bicyclic) bond motifs is 1. The second-order valence-electron chi connectivity index (χ2n) is 5.45. The molecule has 24 heavy (non-hydrogen) atoms. The lowest BCUT2D eigenvalue weighted by Crippen LogP contribution is -2.01. The van der Waals surface area contributed by atoms with Crippen LogP contribution in [0.3, 0.4) is 0 Å². The number of hydrogen-bond acceptors (Lipinski definition) is 5. The summed E-state index contributed by atoms with van der Waals surface area (Å²) in [5, 5.41) is 5.59. The van der Waals surface area contributed by atoms with E-state index in [-0.39, 0.29) is 0 Å². The number of furan rings is 1. The van der Waals surface area contributed by atoms with Crippen molar-refractivity contribution in [3.8, 4) is 17.3 Å². The fourth-order valence-electron chi connectivity index (χ4n) is 2.72. The molecular weight excluding hydrogens is 304 g/mol. The van der Waals surface area contributed by atoms with Gasteiger partial charge in [-0.05, 0) is 31.2 Å². The van der Waals surface area contributed by atoms with Gasteiger partial charge < -0.3 is 9.15 Å². The monoisotopic (exact) mass is 320 g/mol. The van der Waals surface area contributed by atoms with Crippen molar-refractivity contribution in [1.82, 2.24) is 19.7 Å². The molecule has 120 valence electrons. The van der Waals surface area contributed by atoms with Crippen LogP contribution in [0.25, 0.3) is 28.2 Å². The minimum atomic E-state index is 0.420. The number of aryl methyl sites for hydroxylation is 1. The highest BCUT2D eigenvalue weighted by molar-refractivity contribution is 5.86. The maximum Gasteiger partial charge on any atom is 0.199 e. The molecule has 0 spiro atoms. The van der Waals surface area contributed by atoms with Crippen LogP contribution in [0.1, 0.15) is 11.6 Å². The average molecular weight is 320 g/mol. The van der Waals surface area contributed by atoms with E-state index < -0.39 is 0 Å². The summed E-state index contributed by atoms with van der Waals surface area (Å²) in [6.07, 6.45) is 1.78. The summed E-state index contributed by atoms with van der Waals surface area (Å²) >= 11 is 0.